The molecule has 6 heteroatoms. The van der Waals surface area contributed by atoms with Crippen LogP contribution in [0, 0.1) is 13.8 Å². The molecule has 0 radical (unpaired) electrons. The third-order valence-electron chi connectivity index (χ3n) is 3.11. The van der Waals surface area contributed by atoms with Crippen LogP contribution in [0.15, 0.2) is 24.5 Å². The number of nitrogens with one attached hydrogen (secondary N) is 1. The minimum absolute atomic E-state index is 0.259. The average Bonchev–Trinajstić information content (AvgIpc) is 2.81. The molecule has 114 valence electrons. The molecule has 1 atom stereocenters. The maximum absolute atomic E-state index is 9.92. The zero-order valence-electron chi connectivity index (χ0n) is 12.7. The Morgan fingerprint density at radius 2 is 2.00 bits per heavy atom. The molecule has 0 amide bonds. The van der Waals surface area contributed by atoms with E-state index in [0.717, 1.165) is 22.7 Å². The fraction of sp³-hybridized carbons (Fsp3) is 0.467. The highest BCUT2D eigenvalue weighted by Gasteiger charge is 2.07. The van der Waals surface area contributed by atoms with Crippen molar-refractivity contribution < 1.29 is 9.84 Å². The molecule has 1 unspecified atom stereocenters. The van der Waals surface area contributed by atoms with Crippen LogP contribution in [0.25, 0.3) is 0 Å². The number of aliphatic hydroxyl groups is 1. The zero-order valence-corrected chi connectivity index (χ0v) is 12.7. The van der Waals surface area contributed by atoms with Crippen molar-refractivity contribution in [2.75, 3.05) is 13.2 Å². The zero-order chi connectivity index (χ0) is 15.2. The number of benzene rings is 1. The maximum Gasteiger partial charge on any atom is 0.146 e. The lowest BCUT2D eigenvalue weighted by Gasteiger charge is -2.14. The predicted octanol–water partition coefficient (Wildman–Crippen LogP) is 0.961. The second-order valence-electron chi connectivity index (χ2n) is 5.28. The Kier molecular flexibility index (Phi) is 5.30. The number of hydrogen-bond acceptors (Lipinski definition) is 5. The Morgan fingerprint density at radius 3 is 2.62 bits per heavy atom. The van der Waals surface area contributed by atoms with Crippen molar-refractivity contribution in [1.82, 2.24) is 20.1 Å². The monoisotopic (exact) mass is 290 g/mol. The van der Waals surface area contributed by atoms with Gasteiger partial charge in [0.2, 0.25) is 0 Å². The fourth-order valence-electron chi connectivity index (χ4n) is 2.09. The molecule has 0 spiro atoms. The highest BCUT2D eigenvalue weighted by Crippen LogP contribution is 2.16. The smallest absolute Gasteiger partial charge is 0.146 e. The van der Waals surface area contributed by atoms with Crippen molar-refractivity contribution in [1.29, 1.82) is 0 Å². The second kappa shape index (κ2) is 7.19. The number of ether oxygens (including phenoxy) is 1. The summed E-state index contributed by atoms with van der Waals surface area (Å²) < 4.78 is 7.46. The standard InChI is InChI=1S/C15H22N4O2/c1-11-4-12(2)6-14(5-11)21-9-13(20)7-16-8-15-18-17-10-19(15)3/h4-6,10,13,16,20H,7-9H2,1-3H3. The third kappa shape index (κ3) is 4.84. The van der Waals surface area contributed by atoms with E-state index in [4.69, 9.17) is 4.74 Å². The minimum atomic E-state index is -0.570. The molecule has 21 heavy (non-hydrogen) atoms. The first kappa shape index (κ1) is 15.5. The van der Waals surface area contributed by atoms with Gasteiger partial charge in [0.1, 0.15) is 30.6 Å². The molecule has 1 heterocycles. The van der Waals surface area contributed by atoms with Gasteiger partial charge in [-0.1, -0.05) is 6.07 Å². The van der Waals surface area contributed by atoms with Crippen LogP contribution in [0.4, 0.5) is 0 Å². The SMILES string of the molecule is Cc1cc(C)cc(OCC(O)CNCc2nncn2C)c1. The molecule has 0 saturated heterocycles. The van der Waals surface area contributed by atoms with Crippen LogP contribution < -0.4 is 10.1 Å². The van der Waals surface area contributed by atoms with Crippen molar-refractivity contribution in [2.45, 2.75) is 26.5 Å². The summed E-state index contributed by atoms with van der Waals surface area (Å²) in [6.07, 6.45) is 1.08. The molecule has 0 aliphatic carbocycles. The normalized spacial score (nSPS) is 12.4. The summed E-state index contributed by atoms with van der Waals surface area (Å²) in [5.74, 6) is 1.62. The van der Waals surface area contributed by atoms with Gasteiger partial charge in [-0.3, -0.25) is 0 Å². The number of aryl methyl sites for hydroxylation is 3. The van der Waals surface area contributed by atoms with E-state index < -0.39 is 6.10 Å². The lowest BCUT2D eigenvalue weighted by atomic mass is 10.1. The summed E-state index contributed by atoms with van der Waals surface area (Å²) in [6, 6.07) is 6.02. The van der Waals surface area contributed by atoms with Crippen LogP contribution >= 0.6 is 0 Å². The molecule has 0 bridgehead atoms. The van der Waals surface area contributed by atoms with Gasteiger partial charge in [0.05, 0.1) is 6.54 Å². The van der Waals surface area contributed by atoms with Crippen molar-refractivity contribution in [2.24, 2.45) is 7.05 Å². The molecule has 1 aromatic heterocycles. The molecule has 2 rings (SSSR count). The van der Waals surface area contributed by atoms with Crippen molar-refractivity contribution in [3.63, 3.8) is 0 Å². The predicted molar refractivity (Wildman–Crippen MR) is 80.1 cm³/mol. The summed E-state index contributed by atoms with van der Waals surface area (Å²) in [6.45, 7) is 5.32. The van der Waals surface area contributed by atoms with E-state index in [0.29, 0.717) is 13.1 Å². The van der Waals surface area contributed by atoms with E-state index in [1.165, 1.54) is 0 Å². The topological polar surface area (TPSA) is 72.2 Å². The van der Waals surface area contributed by atoms with Gasteiger partial charge in [0.25, 0.3) is 0 Å². The van der Waals surface area contributed by atoms with Gasteiger partial charge in [-0.25, -0.2) is 0 Å². The Labute approximate surface area is 124 Å². The van der Waals surface area contributed by atoms with Crippen LogP contribution in [-0.2, 0) is 13.6 Å². The van der Waals surface area contributed by atoms with Crippen LogP contribution in [0.1, 0.15) is 17.0 Å². The summed E-state index contributed by atoms with van der Waals surface area (Å²) in [7, 11) is 1.89. The third-order valence-corrected chi connectivity index (χ3v) is 3.11. The highest BCUT2D eigenvalue weighted by molar-refractivity contribution is 5.32. The number of nitrogens with zero attached hydrogens (tertiary/aromatic N) is 3. The Morgan fingerprint density at radius 1 is 1.29 bits per heavy atom. The van der Waals surface area contributed by atoms with Gasteiger partial charge >= 0.3 is 0 Å². The van der Waals surface area contributed by atoms with E-state index in [-0.39, 0.29) is 6.61 Å². The molecule has 0 saturated carbocycles. The number of aliphatic hydroxyl groups excluding tert-OH is 1. The molecule has 0 aliphatic heterocycles. The van der Waals surface area contributed by atoms with Crippen LogP contribution in [0.2, 0.25) is 0 Å². The van der Waals surface area contributed by atoms with E-state index in [2.05, 4.69) is 21.6 Å². The van der Waals surface area contributed by atoms with Crippen LogP contribution in [0.3, 0.4) is 0 Å². The molecular formula is C15H22N4O2. The Balaban J connectivity index is 1.72. The largest absolute Gasteiger partial charge is 0.491 e. The first-order chi connectivity index (χ1) is 10.0. The number of aromatic nitrogens is 3. The van der Waals surface area contributed by atoms with Gasteiger partial charge in [-0.15, -0.1) is 10.2 Å². The molecule has 1 aromatic carbocycles. The van der Waals surface area contributed by atoms with Gasteiger partial charge in [-0.05, 0) is 37.1 Å². The van der Waals surface area contributed by atoms with Gasteiger partial charge in [-0.2, -0.15) is 0 Å². The molecule has 2 aromatic rings. The van der Waals surface area contributed by atoms with E-state index >= 15 is 0 Å². The quantitative estimate of drug-likeness (QED) is 0.795. The highest BCUT2D eigenvalue weighted by atomic mass is 16.5. The first-order valence-corrected chi connectivity index (χ1v) is 6.97. The van der Waals surface area contributed by atoms with Gasteiger partial charge in [0, 0.05) is 13.6 Å². The lowest BCUT2D eigenvalue weighted by Crippen LogP contribution is -2.31. The summed E-state index contributed by atoms with van der Waals surface area (Å²) in [5.41, 5.74) is 2.31. The van der Waals surface area contributed by atoms with Crippen molar-refractivity contribution in [3.8, 4) is 5.75 Å². The summed E-state index contributed by atoms with van der Waals surface area (Å²) in [4.78, 5) is 0. The average molecular weight is 290 g/mol. The fourth-order valence-corrected chi connectivity index (χ4v) is 2.09. The number of rotatable bonds is 7. The first-order valence-electron chi connectivity index (χ1n) is 6.97. The Hall–Kier alpha value is -1.92. The van der Waals surface area contributed by atoms with E-state index in [1.807, 2.05) is 37.6 Å². The van der Waals surface area contributed by atoms with Gasteiger partial charge in [0.15, 0.2) is 0 Å². The molecular weight excluding hydrogens is 268 g/mol. The second-order valence-corrected chi connectivity index (χ2v) is 5.28. The van der Waals surface area contributed by atoms with E-state index in [1.54, 1.807) is 6.33 Å². The molecule has 0 aliphatic rings. The van der Waals surface area contributed by atoms with Crippen LogP contribution in [-0.4, -0.2) is 39.1 Å². The molecule has 0 fully saturated rings. The summed E-state index contributed by atoms with van der Waals surface area (Å²) >= 11 is 0. The lowest BCUT2D eigenvalue weighted by molar-refractivity contribution is 0.106. The summed E-state index contributed by atoms with van der Waals surface area (Å²) in [5, 5.41) is 20.8. The van der Waals surface area contributed by atoms with Crippen molar-refractivity contribution in [3.05, 3.63) is 41.5 Å². The number of hydrogen-bond donors (Lipinski definition) is 2. The van der Waals surface area contributed by atoms with Gasteiger partial charge < -0.3 is 19.7 Å². The maximum atomic E-state index is 9.92. The Bertz CT molecular complexity index is 563. The molecule has 2 N–H and O–H groups in total. The van der Waals surface area contributed by atoms with E-state index in [9.17, 15) is 5.11 Å². The van der Waals surface area contributed by atoms with Crippen molar-refractivity contribution >= 4 is 0 Å². The van der Waals surface area contributed by atoms with Crippen LogP contribution in [0.5, 0.6) is 5.75 Å². The molecule has 6 nitrogen and oxygen atoms in total. The minimum Gasteiger partial charge on any atom is -0.491 e.